The minimum Gasteiger partial charge on any atom is -0.508 e. The zero-order chi connectivity index (χ0) is 100. The maximum atomic E-state index is 15.8. The van der Waals surface area contributed by atoms with E-state index in [0.717, 1.165) is 31.5 Å². The van der Waals surface area contributed by atoms with Gasteiger partial charge in [0, 0.05) is 131 Å². The Morgan fingerprint density at radius 2 is 1.12 bits per heavy atom. The Balaban J connectivity index is 1.11. The molecule has 0 saturated carbocycles. The molecule has 0 unspecified atom stereocenters. The second kappa shape index (κ2) is 50.5. The van der Waals surface area contributed by atoms with Crippen LogP contribution in [-0.4, -0.2) is 343 Å². The fourth-order valence-electron chi connectivity index (χ4n) is 16.7. The number of aromatic hydroxyl groups is 1. The number of aliphatic hydroxyl groups is 3. The average molecular weight is 1930 g/mol. The molecule has 6 heterocycles. The Labute approximate surface area is 791 Å². The first-order valence-corrected chi connectivity index (χ1v) is 46.2. The van der Waals surface area contributed by atoms with Crippen molar-refractivity contribution >= 4 is 146 Å². The molecule has 22 N–H and O–H groups in total. The van der Waals surface area contributed by atoms with Gasteiger partial charge < -0.3 is 134 Å². The number of amides is 17. The van der Waals surface area contributed by atoms with Gasteiger partial charge in [0.25, 0.3) is 0 Å². The first-order chi connectivity index (χ1) is 65.2. The number of H-pyrrole nitrogens is 2. The lowest BCUT2D eigenvalue weighted by Gasteiger charge is -2.36. The first kappa shape index (κ1) is 107. The molecular weight excluding hydrogens is 1810 g/mol. The van der Waals surface area contributed by atoms with Crippen LogP contribution in [0.25, 0.3) is 21.8 Å². The summed E-state index contributed by atoms with van der Waals surface area (Å²) in [6.45, 7) is 0.646. The van der Waals surface area contributed by atoms with Gasteiger partial charge in [0.05, 0.1) is 37.8 Å². The number of aliphatic carboxylic acids is 2. The smallest absolute Gasteiger partial charge is 0.323 e. The second-order valence-electron chi connectivity index (χ2n) is 34.1. The number of hydrogen-bond acceptors (Lipinski definition) is 25. The van der Waals surface area contributed by atoms with Crippen molar-refractivity contribution in [2.45, 2.75) is 227 Å². The summed E-state index contributed by atoms with van der Waals surface area (Å²) in [6, 6.07) is -5.02. The third-order valence-electron chi connectivity index (χ3n) is 24.2. The molecule has 3 aliphatic heterocycles. The molecule has 0 spiro atoms. The number of aromatic nitrogens is 4. The van der Waals surface area contributed by atoms with E-state index in [1.54, 1.807) is 62.4 Å². The largest absolute Gasteiger partial charge is 0.508 e. The van der Waals surface area contributed by atoms with E-state index in [9.17, 15) is 83.4 Å². The molecule has 0 radical (unpaired) electrons. The van der Waals surface area contributed by atoms with Crippen LogP contribution in [0, 0.1) is 0 Å². The molecule has 3 aromatic heterocycles. The summed E-state index contributed by atoms with van der Waals surface area (Å²) < 4.78 is 1.38. The van der Waals surface area contributed by atoms with Gasteiger partial charge in [-0.15, -0.1) is 11.8 Å². The van der Waals surface area contributed by atoms with Crippen molar-refractivity contribution in [2.24, 2.45) is 11.5 Å². The van der Waals surface area contributed by atoms with Crippen LogP contribution < -0.4 is 64.6 Å². The molecule has 0 aliphatic carbocycles. The van der Waals surface area contributed by atoms with Gasteiger partial charge in [-0.05, 0) is 86.4 Å². The monoisotopic (exact) mass is 1930 g/mol. The third-order valence-corrected chi connectivity index (χ3v) is 25.2. The summed E-state index contributed by atoms with van der Waals surface area (Å²) in [5, 5.41) is 90.0. The fourth-order valence-corrected chi connectivity index (χ4v) is 17.5. The summed E-state index contributed by atoms with van der Waals surface area (Å²) >= 11 is 0.708. The number of rotatable bonds is 27. The van der Waals surface area contributed by atoms with Crippen molar-refractivity contribution in [3.05, 3.63) is 120 Å². The minimum absolute atomic E-state index is 0.0871. The van der Waals surface area contributed by atoms with E-state index in [2.05, 4.69) is 68.1 Å². The number of carboxylic acid groups (broad SMARTS) is 2. The molecule has 137 heavy (non-hydrogen) atoms. The number of para-hydroxylation sites is 2. The highest BCUT2D eigenvalue weighted by atomic mass is 32.2. The van der Waals surface area contributed by atoms with Gasteiger partial charge >= 0.3 is 11.9 Å². The molecule has 6 aromatic rings. The molecule has 3 aliphatic rings. The van der Waals surface area contributed by atoms with Gasteiger partial charge in [-0.25, -0.2) is 4.98 Å². The number of imidazole rings is 1. The van der Waals surface area contributed by atoms with Gasteiger partial charge in [-0.1, -0.05) is 88.1 Å². The van der Waals surface area contributed by atoms with Crippen LogP contribution in [0.4, 0.5) is 0 Å². The van der Waals surface area contributed by atoms with Crippen LogP contribution in [-0.2, 0) is 123 Å². The molecule has 742 valence electrons. The van der Waals surface area contributed by atoms with Gasteiger partial charge in [-0.2, -0.15) is 0 Å². The number of phenols is 1. The number of aromatic amines is 2. The zero-order valence-electron chi connectivity index (χ0n) is 76.7. The number of nitrogens with one attached hydrogen (secondary N) is 12. The molecule has 9 rings (SSSR count). The van der Waals surface area contributed by atoms with Crippen molar-refractivity contribution in [3.63, 3.8) is 0 Å². The van der Waals surface area contributed by atoms with Crippen molar-refractivity contribution in [3.8, 4) is 5.75 Å². The first-order valence-electron chi connectivity index (χ1n) is 45.0. The standard InChI is InChI=1S/C90H121N21O25S/c1-7-9-19-68-83(129)98-58(29-31-112)79(125)105-66(78(124)95-40-73(92)117)45-137-46-74(118)97-62(32-49-23-25-53(114)26-24-49)86(132)106(4)48(3)77(123)102-64(37-75(119)120)89(135)110-30-15-22-69(110)84(130)101-61(35-52-39-93-47-96-52)81(127)99-59(27-28-72(91)116)88(134)111-42-54(115)36-71(111)85(131)100-60(33-50-38-94-57-18-13-11-16-55(50)57)80(126)104-65(44-113)82(128)103-63(87(133)108(6)70(20-10-8-2)90(136)107(68)5)34-51-41-109(43-76(121)122)67-21-14-12-17-56(51)67/h11-14,16-18,21,23-26,38-39,41,47-48,54,58-66,68-71,94,112-115H,7-10,15,19-20,22,27-37,40,42-46H2,1-6H3,(H2,91,116)(H2,92,117)(H,93,96)(H,95,124)(H,97,118)(H,98,129)(H,99,127)(H,100,131)(H,101,130)(H,102,123)(H,103,128)(H,104,126)(H,105,125)(H,119,120)(H,121,122)/t48-,54+,58-,59-,60-,61-,62-,63-,64-,65-,66-,68-,69-,70-,71-/m0/s1. The normalized spacial score (nSPS) is 24.5. The molecule has 17 amide bonds. The number of primary amides is 2. The number of thioether (sulfide) groups is 1. The Morgan fingerprint density at radius 3 is 1.77 bits per heavy atom. The van der Waals surface area contributed by atoms with E-state index in [-0.39, 0.29) is 68.5 Å². The van der Waals surface area contributed by atoms with Gasteiger partial charge in [-0.3, -0.25) is 91.1 Å². The van der Waals surface area contributed by atoms with Gasteiger partial charge in [0.1, 0.15) is 96.9 Å². The number of hydrogen-bond donors (Lipinski definition) is 20. The number of nitrogens with two attached hydrogens (primary N) is 2. The number of unbranched alkanes of at least 4 members (excludes halogenated alkanes) is 2. The van der Waals surface area contributed by atoms with E-state index in [1.807, 2.05) is 0 Å². The number of phenolic OH excluding ortho intramolecular Hbond substituents is 1. The van der Waals surface area contributed by atoms with Crippen molar-refractivity contribution in [2.75, 3.05) is 65.5 Å². The Hall–Kier alpha value is -14.1. The molecule has 3 saturated heterocycles. The van der Waals surface area contributed by atoms with Gasteiger partial charge in [0.2, 0.25) is 100 Å². The quantitative estimate of drug-likeness (QED) is 0.0231. The number of fused-ring (bicyclic) bond motifs is 4. The number of carboxylic acids is 2. The number of carbonyl (C=O) groups excluding carboxylic acids is 17. The number of aliphatic hydroxyl groups excluding tert-OH is 3. The van der Waals surface area contributed by atoms with E-state index in [4.69, 9.17) is 11.5 Å². The number of likely N-dealkylation sites (N-methyl/N-ethyl adjacent to an activating group) is 3. The lowest BCUT2D eigenvalue weighted by atomic mass is 10.00. The summed E-state index contributed by atoms with van der Waals surface area (Å²) in [5.74, 6) is -21.9. The van der Waals surface area contributed by atoms with Crippen LogP contribution in [0.1, 0.15) is 127 Å². The van der Waals surface area contributed by atoms with E-state index < -0.39 is 299 Å². The minimum atomic E-state index is -2.01. The van der Waals surface area contributed by atoms with Crippen molar-refractivity contribution in [1.82, 2.24) is 97.2 Å². The predicted octanol–water partition coefficient (Wildman–Crippen LogP) is -4.43. The molecular formula is C90H121N21O25S. The Kier molecular flexibility index (Phi) is 39.3. The van der Waals surface area contributed by atoms with Crippen LogP contribution in [0.15, 0.2) is 97.7 Å². The third kappa shape index (κ3) is 29.2. The maximum absolute atomic E-state index is 15.8. The van der Waals surface area contributed by atoms with Crippen LogP contribution in [0.3, 0.4) is 0 Å². The van der Waals surface area contributed by atoms with Crippen LogP contribution in [0.2, 0.25) is 0 Å². The molecule has 3 fully saturated rings. The molecule has 47 heteroatoms. The molecule has 46 nitrogen and oxygen atoms in total. The Morgan fingerprint density at radius 1 is 0.547 bits per heavy atom. The summed E-state index contributed by atoms with van der Waals surface area (Å²) in [6.07, 6.45) is 0.295. The summed E-state index contributed by atoms with van der Waals surface area (Å²) in [5.41, 5.74) is 13.2. The van der Waals surface area contributed by atoms with E-state index in [1.165, 1.54) is 74.8 Å². The molecule has 3 aromatic carbocycles. The topological polar surface area (TPSA) is 684 Å². The number of carbonyl (C=O) groups is 19. The Bertz CT molecular complexity index is 5360. The van der Waals surface area contributed by atoms with E-state index >= 15 is 38.4 Å². The van der Waals surface area contributed by atoms with Gasteiger partial charge in [0.15, 0.2) is 0 Å². The van der Waals surface area contributed by atoms with Crippen LogP contribution in [0.5, 0.6) is 5.75 Å². The fraction of sp³-hybridized carbons (Fsp3) is 0.511. The number of benzene rings is 3. The van der Waals surface area contributed by atoms with Crippen molar-refractivity contribution in [1.29, 1.82) is 0 Å². The van der Waals surface area contributed by atoms with Crippen molar-refractivity contribution < 1.29 is 122 Å². The van der Waals surface area contributed by atoms with E-state index in [0.29, 0.717) is 57.5 Å². The number of nitrogens with zero attached hydrogens (tertiary/aromatic N) is 7. The lowest BCUT2D eigenvalue weighted by molar-refractivity contribution is -0.149. The SMILES string of the molecule is CCCC[C@H]1C(=O)N(C)[C@@H](CCCC)C(=O)N[C@@H](CCO)C(=O)N[C@H](C(=O)NCC(N)=O)CSCC(=O)N[C@@H](Cc2ccc(O)cc2)C(=O)N(C)[C@@H](C)C(=O)N[C@@H](CC(=O)O)C(=O)N2CCC[C@H]2C(=O)N[C@@H](Cc2cnc[nH]2)C(=O)N[C@@H](CCC(N)=O)C(=O)N2C[C@H](O)C[C@H]2C(=O)N[C@@H](Cc2c[nH]c3ccccc23)C(=O)N[C@@H](CO)C(=O)N[C@@H](Cc2cn(CC(=O)O)c3ccccc23)C(=O)N1C. The predicted molar refractivity (Wildman–Crippen MR) is 491 cm³/mol. The highest BCUT2D eigenvalue weighted by molar-refractivity contribution is 8.00. The average Bonchev–Trinajstić information content (AvgIpc) is 1.64. The summed E-state index contributed by atoms with van der Waals surface area (Å²) in [4.78, 5) is 289. The molecule has 0 bridgehead atoms. The lowest BCUT2D eigenvalue weighted by Crippen LogP contribution is -2.62. The highest BCUT2D eigenvalue weighted by Crippen LogP contribution is 2.29. The second-order valence-corrected chi connectivity index (χ2v) is 35.2. The van der Waals surface area contributed by atoms with Crippen LogP contribution >= 0.6 is 11.8 Å². The highest BCUT2D eigenvalue weighted by Gasteiger charge is 2.47. The maximum Gasteiger partial charge on any atom is 0.323 e. The zero-order valence-corrected chi connectivity index (χ0v) is 77.5. The molecule has 15 atom stereocenters. The summed E-state index contributed by atoms with van der Waals surface area (Å²) in [7, 11) is 3.69.